The van der Waals surface area contributed by atoms with Crippen molar-refractivity contribution in [2.45, 2.75) is 44.4 Å². The third kappa shape index (κ3) is 4.32. The van der Waals surface area contributed by atoms with Crippen LogP contribution in [0, 0.1) is 0 Å². The summed E-state index contributed by atoms with van der Waals surface area (Å²) in [5.74, 6) is 0.659. The van der Waals surface area contributed by atoms with Crippen molar-refractivity contribution in [3.05, 3.63) is 174 Å². The average Bonchev–Trinajstić information content (AvgIpc) is 3.65. The van der Waals surface area contributed by atoms with Crippen molar-refractivity contribution in [1.82, 2.24) is 0 Å². The van der Waals surface area contributed by atoms with Gasteiger partial charge in [0.15, 0.2) is 0 Å². The number of rotatable bonds is 4. The van der Waals surface area contributed by atoms with E-state index in [9.17, 15) is 0 Å². The van der Waals surface area contributed by atoms with E-state index < -0.39 is 0 Å². The minimum absolute atomic E-state index is 0.0597. The van der Waals surface area contributed by atoms with E-state index in [0.29, 0.717) is 11.8 Å². The zero-order valence-corrected chi connectivity index (χ0v) is 27.1. The van der Waals surface area contributed by atoms with Gasteiger partial charge in [0.2, 0.25) is 0 Å². The second-order valence-electron chi connectivity index (χ2n) is 13.8. The van der Waals surface area contributed by atoms with E-state index in [0.717, 1.165) is 23.4 Å². The molecule has 0 radical (unpaired) electrons. The maximum atomic E-state index is 6.12. The van der Waals surface area contributed by atoms with Gasteiger partial charge in [0.05, 0.1) is 6.26 Å². The molecule has 2 aliphatic carbocycles. The fraction of sp³-hybridized carbons (Fsp3) is 0.156. The smallest absolute Gasteiger partial charge is 0.137 e. The lowest BCUT2D eigenvalue weighted by Gasteiger charge is -2.29. The maximum absolute atomic E-state index is 6.12. The van der Waals surface area contributed by atoms with Crippen LogP contribution in [0.25, 0.3) is 33.2 Å². The van der Waals surface area contributed by atoms with Crippen LogP contribution in [0.3, 0.4) is 0 Å². The first-order valence-electron chi connectivity index (χ1n) is 16.8. The molecule has 6 aromatic carbocycles. The predicted octanol–water partition coefficient (Wildman–Crippen LogP) is 12.3. The van der Waals surface area contributed by atoms with Crippen molar-refractivity contribution in [3.8, 4) is 22.3 Å². The Kier molecular flexibility index (Phi) is 6.30. The highest BCUT2D eigenvalue weighted by atomic mass is 16.3. The van der Waals surface area contributed by atoms with Crippen LogP contribution in [0.15, 0.2) is 150 Å². The number of para-hydroxylation sites is 1. The molecule has 0 saturated carbocycles. The summed E-state index contributed by atoms with van der Waals surface area (Å²) in [6.45, 7) is 7.09. The molecular weight excluding hydrogens is 571 g/mol. The van der Waals surface area contributed by atoms with Crippen LogP contribution < -0.4 is 4.90 Å². The first-order chi connectivity index (χ1) is 23.0. The number of furan rings is 1. The Bertz CT molecular complexity index is 2270. The summed E-state index contributed by atoms with van der Waals surface area (Å²) in [5.41, 5.74) is 16.6. The average molecular weight is 608 g/mol. The SMILES string of the molecule is CC1c2ccccc2-c2ccc3ccoc3c2CC1c1ccc(N(c2ccccc2)c2ccc3c(c2)C(C)(C)c2ccccc2-3)cc1. The van der Waals surface area contributed by atoms with Crippen molar-refractivity contribution in [2.24, 2.45) is 0 Å². The van der Waals surface area contributed by atoms with Crippen molar-refractivity contribution >= 4 is 28.0 Å². The zero-order valence-electron chi connectivity index (χ0n) is 27.1. The molecule has 2 atom stereocenters. The summed E-state index contributed by atoms with van der Waals surface area (Å²) >= 11 is 0. The van der Waals surface area contributed by atoms with Crippen LogP contribution >= 0.6 is 0 Å². The van der Waals surface area contributed by atoms with Crippen molar-refractivity contribution in [2.75, 3.05) is 4.90 Å². The summed E-state index contributed by atoms with van der Waals surface area (Å²) in [5, 5.41) is 1.17. The topological polar surface area (TPSA) is 16.4 Å². The van der Waals surface area contributed by atoms with Gasteiger partial charge in [-0.15, -0.1) is 0 Å². The van der Waals surface area contributed by atoms with Gasteiger partial charge >= 0.3 is 0 Å². The van der Waals surface area contributed by atoms with E-state index in [-0.39, 0.29) is 5.41 Å². The standard InChI is InChI=1S/C45H37NO/c1-29-35-13-7-8-14-36(35)37-23-19-31-25-26-47-44(31)41(37)28-40(29)30-17-20-33(21-18-30)46(32-11-5-4-6-12-32)34-22-24-39-38-15-9-10-16-42(38)45(2,3)43(39)27-34/h4-27,29,40H,28H2,1-3H3. The molecule has 0 amide bonds. The maximum Gasteiger partial charge on any atom is 0.137 e. The van der Waals surface area contributed by atoms with E-state index >= 15 is 0 Å². The summed E-state index contributed by atoms with van der Waals surface area (Å²) < 4.78 is 6.12. The van der Waals surface area contributed by atoms with Gasteiger partial charge in [-0.25, -0.2) is 0 Å². The van der Waals surface area contributed by atoms with Crippen molar-refractivity contribution in [1.29, 1.82) is 0 Å². The molecule has 0 spiro atoms. The Morgan fingerprint density at radius 2 is 1.26 bits per heavy atom. The molecule has 2 nitrogen and oxygen atoms in total. The molecule has 0 N–H and O–H groups in total. The quantitative estimate of drug-likeness (QED) is 0.198. The lowest BCUT2D eigenvalue weighted by Crippen LogP contribution is -2.16. The van der Waals surface area contributed by atoms with Crippen LogP contribution in [0.5, 0.6) is 0 Å². The minimum Gasteiger partial charge on any atom is -0.464 e. The van der Waals surface area contributed by atoms with E-state index in [1.165, 1.54) is 61.1 Å². The third-order valence-electron chi connectivity index (χ3n) is 10.9. The summed E-state index contributed by atoms with van der Waals surface area (Å²) in [6.07, 6.45) is 2.75. The highest BCUT2D eigenvalue weighted by Crippen LogP contribution is 2.51. The zero-order chi connectivity index (χ0) is 31.7. The Morgan fingerprint density at radius 3 is 2.09 bits per heavy atom. The normalized spacial score (nSPS) is 17.3. The number of hydrogen-bond acceptors (Lipinski definition) is 2. The second kappa shape index (κ2) is 10.6. The monoisotopic (exact) mass is 607 g/mol. The van der Waals surface area contributed by atoms with Gasteiger partial charge in [-0.3, -0.25) is 0 Å². The first kappa shape index (κ1) is 27.9. The lowest BCUT2D eigenvalue weighted by atomic mass is 9.80. The molecule has 2 unspecified atom stereocenters. The fourth-order valence-corrected chi connectivity index (χ4v) is 8.43. The molecule has 1 heterocycles. The molecule has 0 saturated heterocycles. The van der Waals surface area contributed by atoms with Crippen LogP contribution in [0.1, 0.15) is 60.4 Å². The Morgan fingerprint density at radius 1 is 0.596 bits per heavy atom. The van der Waals surface area contributed by atoms with Crippen LogP contribution in [0.2, 0.25) is 0 Å². The van der Waals surface area contributed by atoms with Gasteiger partial charge < -0.3 is 9.32 Å². The molecule has 9 rings (SSSR count). The number of benzene rings is 6. The van der Waals surface area contributed by atoms with E-state index in [4.69, 9.17) is 4.42 Å². The number of hydrogen-bond donors (Lipinski definition) is 0. The van der Waals surface area contributed by atoms with E-state index in [2.05, 4.69) is 165 Å². The summed E-state index contributed by atoms with van der Waals surface area (Å²) in [4.78, 5) is 2.40. The molecule has 228 valence electrons. The molecule has 2 heteroatoms. The van der Waals surface area contributed by atoms with Gasteiger partial charge in [0.25, 0.3) is 0 Å². The molecule has 0 fully saturated rings. The van der Waals surface area contributed by atoms with Gasteiger partial charge in [-0.1, -0.05) is 118 Å². The van der Waals surface area contributed by atoms with Gasteiger partial charge in [-0.2, -0.15) is 0 Å². The number of fused-ring (bicyclic) bond motifs is 8. The van der Waals surface area contributed by atoms with Gasteiger partial charge in [0.1, 0.15) is 5.58 Å². The van der Waals surface area contributed by atoms with Crippen LogP contribution in [-0.2, 0) is 11.8 Å². The van der Waals surface area contributed by atoms with E-state index in [1.54, 1.807) is 0 Å². The largest absolute Gasteiger partial charge is 0.464 e. The molecular formula is C45H37NO. The molecule has 47 heavy (non-hydrogen) atoms. The predicted molar refractivity (Wildman–Crippen MR) is 195 cm³/mol. The molecule has 2 aliphatic rings. The van der Waals surface area contributed by atoms with E-state index in [1.807, 2.05) is 6.26 Å². The lowest BCUT2D eigenvalue weighted by molar-refractivity contribution is 0.568. The van der Waals surface area contributed by atoms with Gasteiger partial charge in [-0.05, 0) is 105 Å². The second-order valence-corrected chi connectivity index (χ2v) is 13.8. The molecule has 1 aromatic heterocycles. The molecule has 0 aliphatic heterocycles. The van der Waals surface area contributed by atoms with Crippen molar-refractivity contribution < 1.29 is 4.42 Å². The summed E-state index contributed by atoms with van der Waals surface area (Å²) in [7, 11) is 0. The third-order valence-corrected chi connectivity index (χ3v) is 10.9. The van der Waals surface area contributed by atoms with Gasteiger partial charge in [0, 0.05) is 33.4 Å². The van der Waals surface area contributed by atoms with Crippen LogP contribution in [-0.4, -0.2) is 0 Å². The first-order valence-corrected chi connectivity index (χ1v) is 16.8. The molecule has 0 bridgehead atoms. The summed E-state index contributed by atoms with van der Waals surface area (Å²) in [6, 6.07) is 51.5. The Labute approximate surface area is 276 Å². The highest BCUT2D eigenvalue weighted by molar-refractivity contribution is 5.90. The molecule has 7 aromatic rings. The van der Waals surface area contributed by atoms with Crippen LogP contribution in [0.4, 0.5) is 17.1 Å². The highest BCUT2D eigenvalue weighted by Gasteiger charge is 2.36. The number of nitrogens with zero attached hydrogens (tertiary/aromatic N) is 1. The Hall–Kier alpha value is -5.34. The fourth-order valence-electron chi connectivity index (χ4n) is 8.43. The number of anilines is 3. The van der Waals surface area contributed by atoms with Crippen molar-refractivity contribution in [3.63, 3.8) is 0 Å². The minimum atomic E-state index is -0.0597. The Balaban J connectivity index is 1.14.